The fraction of sp³-hybridized carbons (Fsp3) is 0.757. The van der Waals surface area contributed by atoms with E-state index >= 15 is 0 Å². The number of carbonyl (C=O) groups is 9. The van der Waals surface area contributed by atoms with Gasteiger partial charge in [0.25, 0.3) is 0 Å². The van der Waals surface area contributed by atoms with Crippen LogP contribution in [0.25, 0.3) is 0 Å². The molecule has 0 unspecified atom stereocenters. The molecule has 0 fully saturated rings. The molecule has 0 spiro atoms. The Morgan fingerprint density at radius 2 is 1.18 bits per heavy atom. The lowest BCUT2D eigenvalue weighted by Crippen LogP contribution is -2.59. The molecule has 0 bridgehead atoms. The molecule has 19 nitrogen and oxygen atoms in total. The van der Waals surface area contributed by atoms with Crippen molar-refractivity contribution in [3.63, 3.8) is 0 Å². The molecule has 326 valence electrons. The van der Waals surface area contributed by atoms with Crippen molar-refractivity contribution >= 4 is 65.1 Å². The third-order valence-electron chi connectivity index (χ3n) is 8.66. The van der Waals surface area contributed by atoms with E-state index in [1.165, 1.54) is 32.5 Å². The van der Waals surface area contributed by atoms with Gasteiger partial charge in [-0.1, -0.05) is 48.5 Å². The first-order chi connectivity index (χ1) is 26.2. The summed E-state index contributed by atoms with van der Waals surface area (Å²) in [6, 6.07) is -8.17. The molecule has 0 rings (SSSR count). The molecule has 20 heteroatoms. The zero-order chi connectivity index (χ0) is 44.4. The second kappa shape index (κ2) is 25.0. The number of amides is 7. The van der Waals surface area contributed by atoms with E-state index in [2.05, 4.69) is 37.2 Å². The summed E-state index contributed by atoms with van der Waals surface area (Å²) in [5.74, 6) is -7.35. The summed E-state index contributed by atoms with van der Waals surface area (Å²) in [6.07, 6.45) is -0.534. The predicted molar refractivity (Wildman–Crippen MR) is 212 cm³/mol. The Labute approximate surface area is 339 Å². The third kappa shape index (κ3) is 20.5. The van der Waals surface area contributed by atoms with Crippen molar-refractivity contribution in [1.29, 1.82) is 0 Å². The van der Waals surface area contributed by atoms with Crippen LogP contribution in [0.1, 0.15) is 101 Å². The summed E-state index contributed by atoms with van der Waals surface area (Å²) in [5.41, 5.74) is -0.933. The summed E-state index contributed by atoms with van der Waals surface area (Å²) in [6.45, 7) is 15.9. The quantitative estimate of drug-likeness (QED) is 0.0563. The molecule has 7 amide bonds. The number of rotatable bonds is 25. The van der Waals surface area contributed by atoms with Crippen LogP contribution in [0.4, 0.5) is 0 Å². The minimum Gasteiger partial charge on any atom is -0.481 e. The highest BCUT2D eigenvalue weighted by Crippen LogP contribution is 2.21. The Kier molecular flexibility index (Phi) is 23.1. The molecule has 8 atom stereocenters. The van der Waals surface area contributed by atoms with Gasteiger partial charge in [-0.15, -0.1) is 0 Å². The van der Waals surface area contributed by atoms with Gasteiger partial charge in [0.2, 0.25) is 41.4 Å². The van der Waals surface area contributed by atoms with Crippen molar-refractivity contribution in [2.75, 3.05) is 12.0 Å². The number of nitrogens with one attached hydrogen (secondary N) is 7. The number of hydrogen-bond donors (Lipinski definition) is 10. The summed E-state index contributed by atoms with van der Waals surface area (Å²) < 4.78 is 0. The second-order valence-electron chi connectivity index (χ2n) is 15.9. The Morgan fingerprint density at radius 1 is 0.649 bits per heavy atom. The molecule has 0 aromatic rings. The van der Waals surface area contributed by atoms with Gasteiger partial charge in [-0.3, -0.25) is 43.2 Å². The topological polar surface area (TPSA) is 299 Å². The van der Waals surface area contributed by atoms with Crippen LogP contribution in [0.15, 0.2) is 0 Å². The highest BCUT2D eigenvalue weighted by molar-refractivity contribution is 7.98. The van der Waals surface area contributed by atoms with Crippen molar-refractivity contribution in [2.24, 2.45) is 17.3 Å². The monoisotopic (exact) mass is 831 g/mol. The van der Waals surface area contributed by atoms with Crippen molar-refractivity contribution in [3.8, 4) is 0 Å². The lowest BCUT2D eigenvalue weighted by Gasteiger charge is -2.32. The van der Waals surface area contributed by atoms with E-state index < -0.39 is 120 Å². The van der Waals surface area contributed by atoms with Gasteiger partial charge in [-0.25, -0.2) is 0 Å². The standard InChI is InChI=1S/C37H65N7O12S/c1-18(2)16-25(43-33(52)24(14-15-57-11)42-34(53)29(19(3)4)40-22(7)45)26(46)17-27(47)44-30(37(8,9)10)35(54)38-20(5)31(50)41-23(12-13-28(48)49)32(51)39-21(6)36(55)56/h18-21,23-26,29-30,46H,12-17H2,1-11H3,(H,38,54)(H,39,51)(H,40,45)(H,41,50)(H,42,53)(H,43,52)(H,44,47)(H,48,49)(H,55,56)/t20-,21-,23-,24-,25-,26-,29-,30+/m0/s1. The van der Waals surface area contributed by atoms with Crippen LogP contribution in [0.3, 0.4) is 0 Å². The molecule has 0 aromatic heterocycles. The lowest BCUT2D eigenvalue weighted by molar-refractivity contribution is -0.142. The Balaban J connectivity index is 5.96. The molecule has 0 aromatic carbocycles. The van der Waals surface area contributed by atoms with Crippen LogP contribution in [0, 0.1) is 17.3 Å². The van der Waals surface area contributed by atoms with Crippen LogP contribution in [0.5, 0.6) is 0 Å². The van der Waals surface area contributed by atoms with Gasteiger partial charge in [0, 0.05) is 13.3 Å². The van der Waals surface area contributed by atoms with Crippen LogP contribution in [-0.2, 0) is 43.2 Å². The third-order valence-corrected chi connectivity index (χ3v) is 9.30. The molecule has 0 aliphatic carbocycles. The predicted octanol–water partition coefficient (Wildman–Crippen LogP) is -0.359. The number of carboxylic acid groups (broad SMARTS) is 2. The first-order valence-electron chi connectivity index (χ1n) is 18.9. The molecular formula is C37H65N7O12S. The Hall–Kier alpha value is -4.46. The van der Waals surface area contributed by atoms with Crippen LogP contribution in [0.2, 0.25) is 0 Å². The number of hydrogen-bond acceptors (Lipinski definition) is 11. The highest BCUT2D eigenvalue weighted by atomic mass is 32.2. The fourth-order valence-corrected chi connectivity index (χ4v) is 5.89. The number of aliphatic hydroxyl groups excluding tert-OH is 1. The molecule has 0 aliphatic rings. The SMILES string of the molecule is CSCC[C@H](NC(=O)[C@@H](NC(C)=O)C(C)C)C(=O)N[C@@H](CC(C)C)[C@@H](O)CC(=O)N[C@H](C(=O)N[C@@H](C)C(=O)N[C@@H](CCC(=O)O)C(=O)N[C@@H](C)C(=O)O)C(C)(C)C. The highest BCUT2D eigenvalue weighted by Gasteiger charge is 2.37. The first kappa shape index (κ1) is 52.5. The van der Waals surface area contributed by atoms with E-state index in [1.807, 2.05) is 20.1 Å². The average molecular weight is 832 g/mol. The van der Waals surface area contributed by atoms with Crippen molar-refractivity contribution < 1.29 is 58.5 Å². The number of thioether (sulfide) groups is 1. The summed E-state index contributed by atoms with van der Waals surface area (Å²) >= 11 is 1.46. The van der Waals surface area contributed by atoms with Crippen molar-refractivity contribution in [3.05, 3.63) is 0 Å². The van der Waals surface area contributed by atoms with Gasteiger partial charge in [-0.2, -0.15) is 11.8 Å². The maximum Gasteiger partial charge on any atom is 0.325 e. The largest absolute Gasteiger partial charge is 0.481 e. The summed E-state index contributed by atoms with van der Waals surface area (Å²) in [4.78, 5) is 113. The van der Waals surface area contributed by atoms with Gasteiger partial charge in [0.05, 0.1) is 18.6 Å². The second-order valence-corrected chi connectivity index (χ2v) is 16.9. The molecular weight excluding hydrogens is 767 g/mol. The molecule has 57 heavy (non-hydrogen) atoms. The van der Waals surface area contributed by atoms with Crippen LogP contribution >= 0.6 is 11.8 Å². The zero-order valence-corrected chi connectivity index (χ0v) is 35.8. The Morgan fingerprint density at radius 3 is 1.65 bits per heavy atom. The normalized spacial score (nSPS) is 15.7. The van der Waals surface area contributed by atoms with Gasteiger partial charge in [0.1, 0.15) is 36.3 Å². The van der Waals surface area contributed by atoms with Crippen molar-refractivity contribution in [1.82, 2.24) is 37.2 Å². The molecule has 0 heterocycles. The van der Waals surface area contributed by atoms with E-state index in [0.29, 0.717) is 5.75 Å². The van der Waals surface area contributed by atoms with E-state index in [9.17, 15) is 48.3 Å². The van der Waals surface area contributed by atoms with Gasteiger partial charge in [-0.05, 0) is 62.4 Å². The number of aliphatic carboxylic acids is 2. The average Bonchev–Trinajstić information content (AvgIpc) is 3.07. The summed E-state index contributed by atoms with van der Waals surface area (Å²) in [5, 5.41) is 47.2. The minimum atomic E-state index is -1.44. The fourth-order valence-electron chi connectivity index (χ4n) is 5.42. The molecule has 0 saturated carbocycles. The van der Waals surface area contributed by atoms with Crippen LogP contribution < -0.4 is 37.2 Å². The van der Waals surface area contributed by atoms with Gasteiger partial charge in [0.15, 0.2) is 0 Å². The van der Waals surface area contributed by atoms with E-state index in [4.69, 9.17) is 10.2 Å². The molecule has 10 N–H and O–H groups in total. The number of carboxylic acids is 2. The first-order valence-corrected chi connectivity index (χ1v) is 20.3. The number of aliphatic hydroxyl groups is 1. The van der Waals surface area contributed by atoms with E-state index in [1.54, 1.807) is 34.6 Å². The maximum atomic E-state index is 13.6. The number of carbonyl (C=O) groups excluding carboxylic acids is 7. The Bertz CT molecular complexity index is 1420. The molecule has 0 radical (unpaired) electrons. The zero-order valence-electron chi connectivity index (χ0n) is 34.9. The van der Waals surface area contributed by atoms with Crippen molar-refractivity contribution in [2.45, 2.75) is 150 Å². The van der Waals surface area contributed by atoms with E-state index in [0.717, 1.165) is 0 Å². The lowest BCUT2D eigenvalue weighted by atomic mass is 9.85. The smallest absolute Gasteiger partial charge is 0.325 e. The van der Waals surface area contributed by atoms with Gasteiger partial charge >= 0.3 is 11.9 Å². The van der Waals surface area contributed by atoms with Gasteiger partial charge < -0.3 is 52.5 Å². The van der Waals surface area contributed by atoms with E-state index in [-0.39, 0.29) is 31.1 Å². The minimum absolute atomic E-state index is 0.0477. The summed E-state index contributed by atoms with van der Waals surface area (Å²) in [7, 11) is 0. The maximum absolute atomic E-state index is 13.6. The molecule has 0 saturated heterocycles. The molecule has 0 aliphatic heterocycles. The van der Waals surface area contributed by atoms with Crippen LogP contribution in [-0.4, -0.2) is 129 Å².